The summed E-state index contributed by atoms with van der Waals surface area (Å²) in [4.78, 5) is 28.8. The van der Waals surface area contributed by atoms with Crippen LogP contribution in [0, 0.1) is 0 Å². The van der Waals surface area contributed by atoms with Gasteiger partial charge in [0.25, 0.3) is 10.0 Å². The van der Waals surface area contributed by atoms with Gasteiger partial charge in [-0.15, -0.1) is 0 Å². The number of rotatable bonds is 14. The lowest BCUT2D eigenvalue weighted by Gasteiger charge is -2.33. The van der Waals surface area contributed by atoms with Crippen molar-refractivity contribution in [1.29, 1.82) is 0 Å². The molecular formula is C31H38ClN3O6S. The maximum atomic E-state index is 14.1. The number of ether oxygens (including phenoxy) is 2. The summed E-state index contributed by atoms with van der Waals surface area (Å²) in [5.74, 6) is 0.292. The Morgan fingerprint density at radius 3 is 2.19 bits per heavy atom. The Balaban J connectivity index is 2.07. The maximum absolute atomic E-state index is 14.1. The molecule has 0 spiro atoms. The van der Waals surface area contributed by atoms with Gasteiger partial charge in [-0.2, -0.15) is 0 Å². The zero-order chi connectivity index (χ0) is 30.9. The van der Waals surface area contributed by atoms with Crippen LogP contribution in [0.5, 0.6) is 11.5 Å². The quantitative estimate of drug-likeness (QED) is 0.265. The molecular weight excluding hydrogens is 578 g/mol. The zero-order valence-electron chi connectivity index (χ0n) is 24.5. The fourth-order valence-electron chi connectivity index (χ4n) is 4.41. The molecule has 0 aromatic heterocycles. The molecule has 0 aliphatic carbocycles. The Bertz CT molecular complexity index is 1450. The molecule has 9 nitrogen and oxygen atoms in total. The van der Waals surface area contributed by atoms with Crippen molar-refractivity contribution in [2.24, 2.45) is 0 Å². The Hall–Kier alpha value is -3.76. The van der Waals surface area contributed by atoms with Gasteiger partial charge in [0.2, 0.25) is 11.8 Å². The van der Waals surface area contributed by atoms with E-state index in [1.165, 1.54) is 29.2 Å². The van der Waals surface area contributed by atoms with Crippen LogP contribution < -0.4 is 19.1 Å². The van der Waals surface area contributed by atoms with Crippen molar-refractivity contribution in [2.45, 2.75) is 57.6 Å². The van der Waals surface area contributed by atoms with Crippen LogP contribution in [0.3, 0.4) is 0 Å². The molecule has 3 aromatic rings. The molecule has 3 aromatic carbocycles. The van der Waals surface area contributed by atoms with Gasteiger partial charge in [0.1, 0.15) is 24.1 Å². The number of halogens is 1. The molecule has 0 saturated heterocycles. The predicted octanol–water partition coefficient (Wildman–Crippen LogP) is 5.27. The molecule has 11 heteroatoms. The van der Waals surface area contributed by atoms with Crippen LogP contribution >= 0.6 is 11.6 Å². The number of sulfonamides is 1. The standard InChI is InChI=1S/C31H38ClN3O6S/c1-6-29(31(37)33-22(3)4)34(20-23-9-8-10-27(19-23)40-5)30(36)21-35(25-13-15-26(16-14-25)41-7-2)42(38,39)28-17-11-24(32)12-18-28/h8-19,22,29H,6-7,20-21H2,1-5H3,(H,33,37)/t29-/m1/s1. The van der Waals surface area contributed by atoms with Crippen molar-refractivity contribution in [3.63, 3.8) is 0 Å². The average molecular weight is 616 g/mol. The van der Waals surface area contributed by atoms with Gasteiger partial charge >= 0.3 is 0 Å². The minimum Gasteiger partial charge on any atom is -0.497 e. The largest absolute Gasteiger partial charge is 0.497 e. The summed E-state index contributed by atoms with van der Waals surface area (Å²) in [6.45, 7) is 7.30. The highest BCUT2D eigenvalue weighted by Gasteiger charge is 2.34. The Morgan fingerprint density at radius 2 is 1.62 bits per heavy atom. The Kier molecular flexibility index (Phi) is 11.6. The Morgan fingerprint density at radius 1 is 0.952 bits per heavy atom. The third kappa shape index (κ3) is 8.39. The maximum Gasteiger partial charge on any atom is 0.264 e. The highest BCUT2D eigenvalue weighted by atomic mass is 35.5. The summed E-state index contributed by atoms with van der Waals surface area (Å²) in [6, 6.07) is 18.4. The van der Waals surface area contributed by atoms with Crippen LogP contribution in [0.25, 0.3) is 0 Å². The number of carbonyl (C=O) groups excluding carboxylic acids is 2. The molecule has 0 aliphatic rings. The highest BCUT2D eigenvalue weighted by molar-refractivity contribution is 7.92. The molecule has 0 saturated carbocycles. The van der Waals surface area contributed by atoms with E-state index >= 15 is 0 Å². The van der Waals surface area contributed by atoms with Gasteiger partial charge in [-0.3, -0.25) is 13.9 Å². The summed E-state index contributed by atoms with van der Waals surface area (Å²) in [5.41, 5.74) is 0.995. The van der Waals surface area contributed by atoms with E-state index in [-0.39, 0.29) is 29.1 Å². The van der Waals surface area contributed by atoms with Crippen LogP contribution in [-0.2, 0) is 26.2 Å². The number of nitrogens with zero attached hydrogens (tertiary/aromatic N) is 2. The molecule has 1 atom stereocenters. The van der Waals surface area contributed by atoms with Gasteiger partial charge in [-0.1, -0.05) is 30.7 Å². The van der Waals surface area contributed by atoms with Crippen LogP contribution in [0.15, 0.2) is 77.7 Å². The van der Waals surface area contributed by atoms with Crippen LogP contribution in [0.1, 0.15) is 39.7 Å². The third-order valence-electron chi connectivity index (χ3n) is 6.42. The van der Waals surface area contributed by atoms with Crippen molar-refractivity contribution >= 4 is 39.1 Å². The number of hydrogen-bond acceptors (Lipinski definition) is 6. The Labute approximate surface area is 253 Å². The smallest absolute Gasteiger partial charge is 0.264 e. The summed E-state index contributed by atoms with van der Waals surface area (Å²) in [5, 5.41) is 3.26. The number of anilines is 1. The van der Waals surface area contributed by atoms with Crippen molar-refractivity contribution < 1.29 is 27.5 Å². The first kappa shape index (κ1) is 32.8. The molecule has 0 unspecified atom stereocenters. The summed E-state index contributed by atoms with van der Waals surface area (Å²) >= 11 is 6.02. The average Bonchev–Trinajstić information content (AvgIpc) is 2.96. The lowest BCUT2D eigenvalue weighted by molar-refractivity contribution is -0.140. The molecule has 3 rings (SSSR count). The summed E-state index contributed by atoms with van der Waals surface area (Å²) < 4.78 is 39.8. The number of amides is 2. The van der Waals surface area contributed by atoms with Crippen molar-refractivity contribution in [1.82, 2.24) is 10.2 Å². The van der Waals surface area contributed by atoms with E-state index in [1.54, 1.807) is 49.6 Å². The second-order valence-electron chi connectivity index (χ2n) is 9.85. The topological polar surface area (TPSA) is 105 Å². The monoisotopic (exact) mass is 615 g/mol. The summed E-state index contributed by atoms with van der Waals surface area (Å²) in [6.07, 6.45) is 0.321. The van der Waals surface area contributed by atoms with E-state index in [1.807, 2.05) is 33.8 Å². The molecule has 0 bridgehead atoms. The molecule has 0 heterocycles. The third-order valence-corrected chi connectivity index (χ3v) is 8.46. The number of methoxy groups -OCH3 is 1. The van der Waals surface area contributed by atoms with Gasteiger partial charge in [0, 0.05) is 17.6 Å². The molecule has 0 radical (unpaired) electrons. The van der Waals surface area contributed by atoms with Crippen molar-refractivity contribution in [3.05, 3.63) is 83.4 Å². The molecule has 0 aliphatic heterocycles. The number of benzene rings is 3. The first-order valence-corrected chi connectivity index (χ1v) is 15.6. The first-order chi connectivity index (χ1) is 20.0. The van der Waals surface area contributed by atoms with E-state index in [0.29, 0.717) is 29.5 Å². The van der Waals surface area contributed by atoms with Gasteiger partial charge < -0.3 is 19.7 Å². The normalized spacial score (nSPS) is 12.0. The minimum atomic E-state index is -4.21. The van der Waals surface area contributed by atoms with Crippen molar-refractivity contribution in [3.8, 4) is 11.5 Å². The zero-order valence-corrected chi connectivity index (χ0v) is 26.1. The number of carbonyl (C=O) groups is 2. The second kappa shape index (κ2) is 14.9. The van der Waals surface area contributed by atoms with Crippen molar-refractivity contribution in [2.75, 3.05) is 24.6 Å². The molecule has 42 heavy (non-hydrogen) atoms. The highest BCUT2D eigenvalue weighted by Crippen LogP contribution is 2.28. The molecule has 0 fully saturated rings. The van der Waals surface area contributed by atoms with Crippen LogP contribution in [-0.4, -0.2) is 57.5 Å². The second-order valence-corrected chi connectivity index (χ2v) is 12.2. The minimum absolute atomic E-state index is 0.0301. The lowest BCUT2D eigenvalue weighted by Crippen LogP contribution is -2.53. The lowest BCUT2D eigenvalue weighted by atomic mass is 10.1. The fraction of sp³-hybridized carbons (Fsp3) is 0.355. The predicted molar refractivity (Wildman–Crippen MR) is 164 cm³/mol. The number of nitrogens with one attached hydrogen (secondary N) is 1. The van der Waals surface area contributed by atoms with E-state index in [0.717, 1.165) is 9.87 Å². The van der Waals surface area contributed by atoms with E-state index in [4.69, 9.17) is 21.1 Å². The van der Waals surface area contributed by atoms with E-state index < -0.39 is 28.5 Å². The number of hydrogen-bond donors (Lipinski definition) is 1. The molecule has 1 N–H and O–H groups in total. The first-order valence-electron chi connectivity index (χ1n) is 13.7. The van der Waals surface area contributed by atoms with E-state index in [9.17, 15) is 18.0 Å². The SMILES string of the molecule is CCOc1ccc(N(CC(=O)N(Cc2cccc(OC)c2)[C@H](CC)C(=O)NC(C)C)S(=O)(=O)c2ccc(Cl)cc2)cc1. The summed E-state index contributed by atoms with van der Waals surface area (Å²) in [7, 11) is -2.67. The van der Waals surface area contributed by atoms with Gasteiger partial charge in [0.05, 0.1) is 24.3 Å². The fourth-order valence-corrected chi connectivity index (χ4v) is 5.95. The van der Waals surface area contributed by atoms with Gasteiger partial charge in [0.15, 0.2) is 0 Å². The van der Waals surface area contributed by atoms with E-state index in [2.05, 4.69) is 5.32 Å². The van der Waals surface area contributed by atoms with Crippen LogP contribution in [0.4, 0.5) is 5.69 Å². The molecule has 2 amide bonds. The van der Waals surface area contributed by atoms with Gasteiger partial charge in [-0.25, -0.2) is 8.42 Å². The molecule has 226 valence electrons. The van der Waals surface area contributed by atoms with Gasteiger partial charge in [-0.05, 0) is 93.4 Å². The van der Waals surface area contributed by atoms with Crippen LogP contribution in [0.2, 0.25) is 5.02 Å².